The minimum atomic E-state index is -0.650. The van der Waals surface area contributed by atoms with Gasteiger partial charge in [-0.25, -0.2) is 13.8 Å². The molecule has 0 radical (unpaired) electrons. The zero-order valence-corrected chi connectivity index (χ0v) is 17.2. The molecule has 1 amide bonds. The molecule has 1 N–H and O–H groups in total. The molecule has 0 saturated carbocycles. The SMILES string of the molecule is CCCCCCCNC(=O)c1cc(Sc2ccc(F)cc2F)nc2ccccc12. The van der Waals surface area contributed by atoms with Crippen LogP contribution in [0.3, 0.4) is 0 Å². The van der Waals surface area contributed by atoms with Crippen molar-refractivity contribution in [2.45, 2.75) is 48.9 Å². The minimum absolute atomic E-state index is 0.166. The molecule has 0 aliphatic rings. The van der Waals surface area contributed by atoms with Crippen molar-refractivity contribution in [3.8, 4) is 0 Å². The standard InChI is InChI=1S/C23H24F2N2OS/c1-2-3-4-5-8-13-26-23(28)18-15-22(27-20-10-7-6-9-17(18)20)29-21-12-11-16(24)14-19(21)25/h6-7,9-12,14-15H,2-5,8,13H2,1H3,(H,26,28). The number of carbonyl (C=O) groups is 1. The molecule has 0 fully saturated rings. The Bertz CT molecular complexity index is 994. The molecular weight excluding hydrogens is 390 g/mol. The minimum Gasteiger partial charge on any atom is -0.352 e. The van der Waals surface area contributed by atoms with Gasteiger partial charge in [-0.3, -0.25) is 4.79 Å². The van der Waals surface area contributed by atoms with E-state index in [4.69, 9.17) is 0 Å². The van der Waals surface area contributed by atoms with E-state index < -0.39 is 11.6 Å². The lowest BCUT2D eigenvalue weighted by Crippen LogP contribution is -2.24. The Labute approximate surface area is 173 Å². The van der Waals surface area contributed by atoms with E-state index >= 15 is 0 Å². The topological polar surface area (TPSA) is 42.0 Å². The summed E-state index contributed by atoms with van der Waals surface area (Å²) >= 11 is 1.07. The molecule has 1 aromatic heterocycles. The van der Waals surface area contributed by atoms with E-state index in [0.29, 0.717) is 22.7 Å². The summed E-state index contributed by atoms with van der Waals surface area (Å²) < 4.78 is 27.2. The highest BCUT2D eigenvalue weighted by Crippen LogP contribution is 2.31. The van der Waals surface area contributed by atoms with Gasteiger partial charge >= 0.3 is 0 Å². The fourth-order valence-corrected chi connectivity index (χ4v) is 3.93. The normalized spacial score (nSPS) is 11.0. The Kier molecular flexibility index (Phi) is 7.58. The number of amides is 1. The number of aromatic nitrogens is 1. The number of fused-ring (bicyclic) bond motifs is 1. The number of para-hydroxylation sites is 1. The Morgan fingerprint density at radius 3 is 2.62 bits per heavy atom. The van der Waals surface area contributed by atoms with Crippen LogP contribution in [-0.4, -0.2) is 17.4 Å². The Morgan fingerprint density at radius 1 is 1.03 bits per heavy atom. The van der Waals surface area contributed by atoms with Gasteiger partial charge in [0.25, 0.3) is 5.91 Å². The number of unbranched alkanes of at least 4 members (excludes halogenated alkanes) is 4. The number of nitrogens with zero attached hydrogens (tertiary/aromatic N) is 1. The van der Waals surface area contributed by atoms with Crippen molar-refractivity contribution in [3.05, 3.63) is 65.7 Å². The first-order valence-electron chi connectivity index (χ1n) is 9.89. The fourth-order valence-electron chi connectivity index (χ4n) is 3.09. The van der Waals surface area contributed by atoms with Gasteiger partial charge in [-0.05, 0) is 30.7 Å². The molecule has 0 spiro atoms. The molecule has 0 atom stereocenters. The van der Waals surface area contributed by atoms with Crippen molar-refractivity contribution in [2.75, 3.05) is 6.54 Å². The quantitative estimate of drug-likeness (QED) is 0.414. The first-order chi connectivity index (χ1) is 14.1. The van der Waals surface area contributed by atoms with Crippen LogP contribution in [0.2, 0.25) is 0 Å². The predicted octanol–water partition coefficient (Wildman–Crippen LogP) is 6.36. The van der Waals surface area contributed by atoms with Crippen molar-refractivity contribution in [3.63, 3.8) is 0 Å². The Balaban J connectivity index is 1.79. The smallest absolute Gasteiger partial charge is 0.252 e. The van der Waals surface area contributed by atoms with Gasteiger partial charge in [-0.15, -0.1) is 0 Å². The van der Waals surface area contributed by atoms with E-state index in [1.807, 2.05) is 24.3 Å². The molecule has 0 aliphatic heterocycles. The summed E-state index contributed by atoms with van der Waals surface area (Å²) in [7, 11) is 0. The molecule has 0 bridgehead atoms. The van der Waals surface area contributed by atoms with Gasteiger partial charge < -0.3 is 5.32 Å². The molecule has 3 aromatic rings. The second-order valence-electron chi connectivity index (χ2n) is 6.87. The van der Waals surface area contributed by atoms with E-state index in [2.05, 4.69) is 17.2 Å². The number of nitrogens with one attached hydrogen (secondary N) is 1. The summed E-state index contributed by atoms with van der Waals surface area (Å²) in [5, 5.41) is 4.22. The van der Waals surface area contributed by atoms with Crippen molar-refractivity contribution in [1.82, 2.24) is 10.3 Å². The van der Waals surface area contributed by atoms with Crippen LogP contribution in [0.5, 0.6) is 0 Å². The molecule has 1 heterocycles. The van der Waals surface area contributed by atoms with Crippen LogP contribution < -0.4 is 5.32 Å². The molecule has 2 aromatic carbocycles. The second-order valence-corrected chi connectivity index (χ2v) is 7.93. The number of rotatable bonds is 9. The summed E-state index contributed by atoms with van der Waals surface area (Å²) in [6, 6.07) is 12.5. The van der Waals surface area contributed by atoms with E-state index in [-0.39, 0.29) is 10.8 Å². The number of hydrogen-bond donors (Lipinski definition) is 1. The number of pyridine rings is 1. The van der Waals surface area contributed by atoms with Crippen LogP contribution in [0.15, 0.2) is 58.5 Å². The molecular formula is C23H24F2N2OS. The average Bonchev–Trinajstić information content (AvgIpc) is 2.72. The monoisotopic (exact) mass is 414 g/mol. The predicted molar refractivity (Wildman–Crippen MR) is 113 cm³/mol. The molecule has 0 aliphatic carbocycles. The van der Waals surface area contributed by atoms with Gasteiger partial charge in [0.15, 0.2) is 0 Å². The zero-order chi connectivity index (χ0) is 20.6. The van der Waals surface area contributed by atoms with Crippen molar-refractivity contribution in [1.29, 1.82) is 0 Å². The summed E-state index contributed by atoms with van der Waals surface area (Å²) in [6.45, 7) is 2.79. The largest absolute Gasteiger partial charge is 0.352 e. The summed E-state index contributed by atoms with van der Waals surface area (Å²) in [5.41, 5.74) is 1.17. The highest BCUT2D eigenvalue weighted by molar-refractivity contribution is 7.99. The molecule has 3 nitrogen and oxygen atoms in total. The lowest BCUT2D eigenvalue weighted by atomic mass is 10.1. The van der Waals surface area contributed by atoms with E-state index in [9.17, 15) is 13.6 Å². The molecule has 0 saturated heterocycles. The fraction of sp³-hybridized carbons (Fsp3) is 0.304. The molecule has 3 rings (SSSR count). The lowest BCUT2D eigenvalue weighted by molar-refractivity contribution is 0.0954. The maximum atomic E-state index is 14.0. The highest BCUT2D eigenvalue weighted by Gasteiger charge is 2.14. The number of benzene rings is 2. The van der Waals surface area contributed by atoms with E-state index in [1.165, 1.54) is 31.4 Å². The molecule has 152 valence electrons. The first kappa shape index (κ1) is 21.2. The van der Waals surface area contributed by atoms with Crippen LogP contribution in [0.1, 0.15) is 49.4 Å². The van der Waals surface area contributed by atoms with Gasteiger partial charge in [-0.1, -0.05) is 62.6 Å². The molecule has 0 unspecified atom stereocenters. The summed E-state index contributed by atoms with van der Waals surface area (Å²) in [4.78, 5) is 17.6. The van der Waals surface area contributed by atoms with Crippen LogP contribution >= 0.6 is 11.8 Å². The number of carbonyl (C=O) groups excluding carboxylic acids is 1. The third-order valence-corrected chi connectivity index (χ3v) is 5.58. The van der Waals surface area contributed by atoms with Gasteiger partial charge in [0.2, 0.25) is 0 Å². The van der Waals surface area contributed by atoms with Crippen molar-refractivity contribution in [2.24, 2.45) is 0 Å². The summed E-state index contributed by atoms with van der Waals surface area (Å²) in [6.07, 6.45) is 5.61. The maximum absolute atomic E-state index is 14.0. The van der Waals surface area contributed by atoms with E-state index in [1.54, 1.807) is 6.07 Å². The van der Waals surface area contributed by atoms with Crippen molar-refractivity contribution < 1.29 is 13.6 Å². The second kappa shape index (κ2) is 10.3. The zero-order valence-electron chi connectivity index (χ0n) is 16.4. The maximum Gasteiger partial charge on any atom is 0.252 e. The average molecular weight is 415 g/mol. The molecule has 29 heavy (non-hydrogen) atoms. The highest BCUT2D eigenvalue weighted by atomic mass is 32.2. The van der Waals surface area contributed by atoms with Gasteiger partial charge in [0.05, 0.1) is 11.1 Å². The number of halogens is 2. The first-order valence-corrected chi connectivity index (χ1v) is 10.7. The molecule has 6 heteroatoms. The third kappa shape index (κ3) is 5.76. The third-order valence-electron chi connectivity index (χ3n) is 4.61. The van der Waals surface area contributed by atoms with Crippen LogP contribution in [0, 0.1) is 11.6 Å². The van der Waals surface area contributed by atoms with Gasteiger partial charge in [0.1, 0.15) is 16.7 Å². The van der Waals surface area contributed by atoms with Gasteiger partial charge in [0, 0.05) is 22.9 Å². The van der Waals surface area contributed by atoms with Crippen LogP contribution in [-0.2, 0) is 0 Å². The van der Waals surface area contributed by atoms with Crippen LogP contribution in [0.25, 0.3) is 10.9 Å². The lowest BCUT2D eigenvalue weighted by Gasteiger charge is -2.11. The number of hydrogen-bond acceptors (Lipinski definition) is 3. The van der Waals surface area contributed by atoms with Crippen molar-refractivity contribution >= 4 is 28.6 Å². The van der Waals surface area contributed by atoms with Crippen LogP contribution in [0.4, 0.5) is 8.78 Å². The summed E-state index contributed by atoms with van der Waals surface area (Å²) in [5.74, 6) is -1.44. The Hall–Kier alpha value is -2.47. The van der Waals surface area contributed by atoms with Gasteiger partial charge in [-0.2, -0.15) is 0 Å². The van der Waals surface area contributed by atoms with E-state index in [0.717, 1.165) is 36.1 Å². The Morgan fingerprint density at radius 2 is 1.83 bits per heavy atom.